The molecule has 1 aromatic rings. The molecule has 8 heteroatoms. The molecule has 1 aliphatic heterocycles. The minimum atomic E-state index is -4.67. The molecule has 0 saturated heterocycles. The predicted molar refractivity (Wildman–Crippen MR) is 63.5 cm³/mol. The summed E-state index contributed by atoms with van der Waals surface area (Å²) in [7, 11) is 0. The zero-order valence-electron chi connectivity index (χ0n) is 9.31. The number of carboxylic acids is 1. The number of aliphatic carboxylic acids is 1. The molecule has 1 heterocycles. The first-order chi connectivity index (χ1) is 8.79. The van der Waals surface area contributed by atoms with Gasteiger partial charge in [-0.25, -0.2) is 4.79 Å². The van der Waals surface area contributed by atoms with Crippen LogP contribution >= 0.6 is 11.8 Å². The van der Waals surface area contributed by atoms with E-state index in [4.69, 9.17) is 5.11 Å². The number of carbonyl (C=O) groups is 1. The SMILES string of the molecule is O=C(O)C1CSC(c2ccc(O)c(C(F)(F)F)c2)=N1. The smallest absolute Gasteiger partial charge is 0.419 e. The molecule has 0 aromatic heterocycles. The van der Waals surface area contributed by atoms with Crippen LogP contribution in [0.25, 0.3) is 0 Å². The zero-order chi connectivity index (χ0) is 14.2. The molecule has 0 spiro atoms. The van der Waals surface area contributed by atoms with Gasteiger partial charge in [0.15, 0.2) is 6.04 Å². The van der Waals surface area contributed by atoms with Crippen LogP contribution in [0.3, 0.4) is 0 Å². The molecule has 1 unspecified atom stereocenters. The van der Waals surface area contributed by atoms with E-state index >= 15 is 0 Å². The fourth-order valence-corrected chi connectivity index (χ4v) is 2.58. The van der Waals surface area contributed by atoms with Gasteiger partial charge < -0.3 is 10.2 Å². The van der Waals surface area contributed by atoms with Gasteiger partial charge in [0.2, 0.25) is 0 Å². The van der Waals surface area contributed by atoms with Crippen molar-refractivity contribution in [3.05, 3.63) is 29.3 Å². The third-order valence-electron chi connectivity index (χ3n) is 2.48. The maximum absolute atomic E-state index is 12.6. The largest absolute Gasteiger partial charge is 0.507 e. The third-order valence-corrected chi connectivity index (χ3v) is 3.58. The van der Waals surface area contributed by atoms with Gasteiger partial charge in [0.1, 0.15) is 5.75 Å². The Hall–Kier alpha value is -1.70. The number of benzene rings is 1. The average molecular weight is 291 g/mol. The van der Waals surface area contributed by atoms with Crippen LogP contribution in [0.4, 0.5) is 13.2 Å². The summed E-state index contributed by atoms with van der Waals surface area (Å²) >= 11 is 1.08. The topological polar surface area (TPSA) is 69.9 Å². The minimum Gasteiger partial charge on any atom is -0.507 e. The van der Waals surface area contributed by atoms with E-state index in [-0.39, 0.29) is 16.4 Å². The zero-order valence-corrected chi connectivity index (χ0v) is 10.1. The maximum Gasteiger partial charge on any atom is 0.419 e. The lowest BCUT2D eigenvalue weighted by atomic mass is 10.1. The number of hydrogen-bond acceptors (Lipinski definition) is 4. The summed E-state index contributed by atoms with van der Waals surface area (Å²) in [5.41, 5.74) is -1.01. The summed E-state index contributed by atoms with van der Waals surface area (Å²) in [5.74, 6) is -1.79. The van der Waals surface area contributed by atoms with Gasteiger partial charge in [-0.15, -0.1) is 11.8 Å². The summed E-state index contributed by atoms with van der Waals surface area (Å²) < 4.78 is 37.9. The van der Waals surface area contributed by atoms with Crippen molar-refractivity contribution in [3.63, 3.8) is 0 Å². The van der Waals surface area contributed by atoms with Crippen LogP contribution in [0.5, 0.6) is 5.75 Å². The van der Waals surface area contributed by atoms with Gasteiger partial charge in [-0.3, -0.25) is 4.99 Å². The molecule has 1 aromatic carbocycles. The van der Waals surface area contributed by atoms with Crippen molar-refractivity contribution in [2.75, 3.05) is 5.75 Å². The van der Waals surface area contributed by atoms with Crippen molar-refractivity contribution < 1.29 is 28.2 Å². The highest BCUT2D eigenvalue weighted by atomic mass is 32.2. The van der Waals surface area contributed by atoms with E-state index in [0.29, 0.717) is 0 Å². The molecule has 2 rings (SSSR count). The number of carboxylic acid groups (broad SMARTS) is 1. The van der Waals surface area contributed by atoms with Crippen molar-refractivity contribution in [3.8, 4) is 5.75 Å². The van der Waals surface area contributed by atoms with Crippen LogP contribution in [-0.4, -0.2) is 33.0 Å². The van der Waals surface area contributed by atoms with Gasteiger partial charge in [-0.2, -0.15) is 13.2 Å². The third kappa shape index (κ3) is 2.83. The second kappa shape index (κ2) is 4.76. The van der Waals surface area contributed by atoms with Crippen LogP contribution < -0.4 is 0 Å². The Labute approximate surface area is 110 Å². The van der Waals surface area contributed by atoms with E-state index in [1.165, 1.54) is 6.07 Å². The Morgan fingerprint density at radius 1 is 1.42 bits per heavy atom. The minimum absolute atomic E-state index is 0.152. The van der Waals surface area contributed by atoms with Gasteiger partial charge in [-0.05, 0) is 18.2 Å². The summed E-state index contributed by atoms with van der Waals surface area (Å²) in [6.45, 7) is 0. The molecule has 0 fully saturated rings. The fourth-order valence-electron chi connectivity index (χ4n) is 1.55. The summed E-state index contributed by atoms with van der Waals surface area (Å²) in [6.07, 6.45) is -4.67. The number of halogens is 3. The summed E-state index contributed by atoms with van der Waals surface area (Å²) in [4.78, 5) is 14.6. The monoisotopic (exact) mass is 291 g/mol. The van der Waals surface area contributed by atoms with E-state index in [1.54, 1.807) is 0 Å². The number of alkyl halides is 3. The van der Waals surface area contributed by atoms with E-state index in [0.717, 1.165) is 23.9 Å². The average Bonchev–Trinajstić information content (AvgIpc) is 2.77. The molecule has 4 nitrogen and oxygen atoms in total. The van der Waals surface area contributed by atoms with Crippen molar-refractivity contribution >= 4 is 22.8 Å². The van der Waals surface area contributed by atoms with Gasteiger partial charge in [0.05, 0.1) is 10.6 Å². The molecular formula is C11H8F3NO3S. The van der Waals surface area contributed by atoms with Gasteiger partial charge >= 0.3 is 12.1 Å². The lowest BCUT2D eigenvalue weighted by Gasteiger charge is -2.10. The quantitative estimate of drug-likeness (QED) is 0.877. The molecule has 0 bridgehead atoms. The Bertz CT molecular complexity index is 557. The molecule has 1 atom stereocenters. The van der Waals surface area contributed by atoms with Crippen molar-refractivity contribution in [1.29, 1.82) is 0 Å². The molecule has 2 N–H and O–H groups in total. The Kier molecular flexibility index (Phi) is 3.44. The molecule has 0 radical (unpaired) electrons. The highest BCUT2D eigenvalue weighted by Crippen LogP contribution is 2.37. The lowest BCUT2D eigenvalue weighted by molar-refractivity contribution is -0.139. The molecule has 1 aliphatic rings. The Balaban J connectivity index is 2.38. The summed E-state index contributed by atoms with van der Waals surface area (Å²) in [6, 6.07) is 2.03. The number of phenolic OH excluding ortho intramolecular Hbond substituents is 1. The highest BCUT2D eigenvalue weighted by molar-refractivity contribution is 8.14. The van der Waals surface area contributed by atoms with Crippen molar-refractivity contribution in [1.82, 2.24) is 0 Å². The van der Waals surface area contributed by atoms with E-state index in [9.17, 15) is 23.1 Å². The Morgan fingerprint density at radius 3 is 2.63 bits per heavy atom. The van der Waals surface area contributed by atoms with Crippen LogP contribution in [-0.2, 0) is 11.0 Å². The second-order valence-electron chi connectivity index (χ2n) is 3.83. The molecule has 0 saturated carbocycles. The van der Waals surface area contributed by atoms with Crippen molar-refractivity contribution in [2.45, 2.75) is 12.2 Å². The molecule has 102 valence electrons. The van der Waals surface area contributed by atoms with E-state index in [1.807, 2.05) is 0 Å². The van der Waals surface area contributed by atoms with E-state index in [2.05, 4.69) is 4.99 Å². The lowest BCUT2D eigenvalue weighted by Crippen LogP contribution is -2.17. The first-order valence-electron chi connectivity index (χ1n) is 5.13. The molecular weight excluding hydrogens is 283 g/mol. The van der Waals surface area contributed by atoms with Gasteiger partial charge in [-0.1, -0.05) is 0 Å². The number of rotatable bonds is 2. The number of phenols is 1. The number of thioether (sulfide) groups is 1. The molecule has 19 heavy (non-hydrogen) atoms. The second-order valence-corrected chi connectivity index (χ2v) is 4.84. The van der Waals surface area contributed by atoms with Gasteiger partial charge in [0.25, 0.3) is 0 Å². The summed E-state index contributed by atoms with van der Waals surface area (Å²) in [5, 5.41) is 18.2. The van der Waals surface area contributed by atoms with Gasteiger partial charge in [0, 0.05) is 11.3 Å². The van der Waals surface area contributed by atoms with E-state index < -0.39 is 29.5 Å². The molecule has 0 amide bonds. The van der Waals surface area contributed by atoms with Crippen LogP contribution in [0.2, 0.25) is 0 Å². The van der Waals surface area contributed by atoms with Crippen LogP contribution in [0.1, 0.15) is 11.1 Å². The fraction of sp³-hybridized carbons (Fsp3) is 0.273. The number of nitrogens with zero attached hydrogens (tertiary/aromatic N) is 1. The number of aliphatic imine (C=N–C) groups is 1. The Morgan fingerprint density at radius 2 is 2.11 bits per heavy atom. The van der Waals surface area contributed by atoms with Crippen LogP contribution in [0.15, 0.2) is 23.2 Å². The normalized spacial score (nSPS) is 19.3. The first-order valence-corrected chi connectivity index (χ1v) is 6.11. The van der Waals surface area contributed by atoms with Crippen LogP contribution in [0, 0.1) is 0 Å². The highest BCUT2D eigenvalue weighted by Gasteiger charge is 2.35. The maximum atomic E-state index is 12.6. The van der Waals surface area contributed by atoms with Crippen molar-refractivity contribution in [2.24, 2.45) is 4.99 Å². The standard InChI is InChI=1S/C11H8F3NO3S/c12-11(13,14)6-3-5(1-2-8(6)16)9-15-7(4-19-9)10(17)18/h1-3,7,16H,4H2,(H,17,18). The first kappa shape index (κ1) is 13.7. The number of aromatic hydroxyl groups is 1. The molecule has 0 aliphatic carbocycles. The predicted octanol–water partition coefficient (Wildman–Crippen LogP) is 2.36. The number of hydrogen-bond donors (Lipinski definition) is 2.